The molecule has 2 fully saturated rings. The SMILES string of the molecule is CC(C)(C)OC(=O)N1CCC(c2nc(CCO)cn2CCN2CCCC2)CC1. The Balaban J connectivity index is 1.61. The maximum atomic E-state index is 12.3. The number of aliphatic hydroxyl groups is 1. The number of likely N-dealkylation sites (tertiary alicyclic amines) is 2. The number of rotatable bonds is 6. The van der Waals surface area contributed by atoms with E-state index in [0.29, 0.717) is 25.4 Å². The molecule has 0 radical (unpaired) electrons. The summed E-state index contributed by atoms with van der Waals surface area (Å²) >= 11 is 0. The van der Waals surface area contributed by atoms with Gasteiger partial charge in [0.25, 0.3) is 0 Å². The Bertz CT molecular complexity index is 639. The number of ether oxygens (including phenoxy) is 1. The number of hydrogen-bond acceptors (Lipinski definition) is 5. The van der Waals surface area contributed by atoms with Crippen LogP contribution in [0.15, 0.2) is 6.20 Å². The molecular formula is C21H36N4O3. The Morgan fingerprint density at radius 1 is 1.18 bits per heavy atom. The number of piperidine rings is 1. The van der Waals surface area contributed by atoms with Gasteiger partial charge in [-0.3, -0.25) is 0 Å². The lowest BCUT2D eigenvalue weighted by Crippen LogP contribution is -2.41. The molecule has 0 saturated carbocycles. The number of nitrogens with zero attached hydrogens (tertiary/aromatic N) is 4. The first-order chi connectivity index (χ1) is 13.4. The molecule has 0 atom stereocenters. The summed E-state index contributed by atoms with van der Waals surface area (Å²) in [7, 11) is 0. The normalized spacial score (nSPS) is 19.4. The summed E-state index contributed by atoms with van der Waals surface area (Å²) in [6.07, 6.45) is 6.90. The molecule has 28 heavy (non-hydrogen) atoms. The minimum absolute atomic E-state index is 0.125. The maximum absolute atomic E-state index is 12.3. The molecule has 0 spiro atoms. The topological polar surface area (TPSA) is 70.8 Å². The van der Waals surface area contributed by atoms with E-state index in [-0.39, 0.29) is 12.7 Å². The van der Waals surface area contributed by atoms with Gasteiger partial charge in [0.15, 0.2) is 0 Å². The lowest BCUT2D eigenvalue weighted by molar-refractivity contribution is 0.0202. The molecule has 2 aliphatic rings. The Hall–Kier alpha value is -1.60. The summed E-state index contributed by atoms with van der Waals surface area (Å²) in [6.45, 7) is 11.6. The van der Waals surface area contributed by atoms with Crippen molar-refractivity contribution in [3.8, 4) is 0 Å². The second-order valence-corrected chi connectivity index (χ2v) is 9.05. The number of amides is 1. The lowest BCUT2D eigenvalue weighted by atomic mass is 9.96. The second kappa shape index (κ2) is 9.27. The zero-order valence-electron chi connectivity index (χ0n) is 17.7. The molecule has 3 heterocycles. The fourth-order valence-corrected chi connectivity index (χ4v) is 4.13. The van der Waals surface area contributed by atoms with Crippen LogP contribution < -0.4 is 0 Å². The van der Waals surface area contributed by atoms with Crippen molar-refractivity contribution in [3.63, 3.8) is 0 Å². The highest BCUT2D eigenvalue weighted by molar-refractivity contribution is 5.68. The van der Waals surface area contributed by atoms with Crippen molar-refractivity contribution in [1.82, 2.24) is 19.4 Å². The van der Waals surface area contributed by atoms with Gasteiger partial charge in [-0.25, -0.2) is 9.78 Å². The van der Waals surface area contributed by atoms with E-state index in [4.69, 9.17) is 9.72 Å². The largest absolute Gasteiger partial charge is 0.444 e. The van der Waals surface area contributed by atoms with Gasteiger partial charge in [0.05, 0.1) is 5.69 Å². The summed E-state index contributed by atoms with van der Waals surface area (Å²) in [5.74, 6) is 1.47. The van der Waals surface area contributed by atoms with Crippen LogP contribution in [0.5, 0.6) is 0 Å². The van der Waals surface area contributed by atoms with Crippen molar-refractivity contribution in [2.75, 3.05) is 39.3 Å². The van der Waals surface area contributed by atoms with Gasteiger partial charge in [0.2, 0.25) is 0 Å². The molecule has 0 bridgehead atoms. The predicted molar refractivity (Wildman–Crippen MR) is 108 cm³/mol. The van der Waals surface area contributed by atoms with Crippen LogP contribution in [0.3, 0.4) is 0 Å². The standard InChI is InChI=1S/C21H36N4O3/c1-21(2,3)28-20(27)24-11-6-17(7-12-24)19-22-18(8-15-26)16-25(19)14-13-23-9-4-5-10-23/h16-17,26H,4-15H2,1-3H3. The Labute approximate surface area is 168 Å². The van der Waals surface area contributed by atoms with E-state index in [1.807, 2.05) is 25.7 Å². The number of hydrogen-bond donors (Lipinski definition) is 1. The van der Waals surface area contributed by atoms with E-state index in [9.17, 15) is 9.90 Å². The molecule has 1 aromatic heterocycles. The van der Waals surface area contributed by atoms with Gasteiger partial charge in [0, 0.05) is 51.3 Å². The zero-order valence-corrected chi connectivity index (χ0v) is 17.7. The molecule has 3 rings (SSSR count). The second-order valence-electron chi connectivity index (χ2n) is 9.05. The average Bonchev–Trinajstić information content (AvgIpc) is 3.28. The van der Waals surface area contributed by atoms with Crippen molar-refractivity contribution in [1.29, 1.82) is 0 Å². The Kier molecular flexibility index (Phi) is 6.99. The highest BCUT2D eigenvalue weighted by Crippen LogP contribution is 2.29. The van der Waals surface area contributed by atoms with Gasteiger partial charge in [0.1, 0.15) is 11.4 Å². The van der Waals surface area contributed by atoms with Crippen LogP contribution >= 0.6 is 0 Å². The smallest absolute Gasteiger partial charge is 0.410 e. The third kappa shape index (κ3) is 5.70. The average molecular weight is 393 g/mol. The first-order valence-corrected chi connectivity index (χ1v) is 10.7. The molecule has 1 amide bonds. The molecule has 1 N–H and O–H groups in total. The Morgan fingerprint density at radius 2 is 1.86 bits per heavy atom. The molecular weight excluding hydrogens is 356 g/mol. The third-order valence-electron chi connectivity index (χ3n) is 5.59. The molecule has 158 valence electrons. The summed E-state index contributed by atoms with van der Waals surface area (Å²) < 4.78 is 7.80. The molecule has 0 aliphatic carbocycles. The van der Waals surface area contributed by atoms with Crippen molar-refractivity contribution >= 4 is 6.09 Å². The minimum Gasteiger partial charge on any atom is -0.444 e. The van der Waals surface area contributed by atoms with Gasteiger partial charge < -0.3 is 24.2 Å². The number of aliphatic hydroxyl groups excluding tert-OH is 1. The van der Waals surface area contributed by atoms with Gasteiger partial charge in [-0.15, -0.1) is 0 Å². The van der Waals surface area contributed by atoms with Crippen LogP contribution in [0.4, 0.5) is 4.79 Å². The summed E-state index contributed by atoms with van der Waals surface area (Å²) in [5.41, 5.74) is 0.507. The van der Waals surface area contributed by atoms with E-state index in [2.05, 4.69) is 15.7 Å². The van der Waals surface area contributed by atoms with E-state index < -0.39 is 5.60 Å². The fourth-order valence-electron chi connectivity index (χ4n) is 4.13. The quantitative estimate of drug-likeness (QED) is 0.806. The lowest BCUT2D eigenvalue weighted by Gasteiger charge is -2.33. The minimum atomic E-state index is -0.459. The van der Waals surface area contributed by atoms with Crippen LogP contribution in [0, 0.1) is 0 Å². The van der Waals surface area contributed by atoms with E-state index in [1.165, 1.54) is 25.9 Å². The maximum Gasteiger partial charge on any atom is 0.410 e. The third-order valence-corrected chi connectivity index (χ3v) is 5.59. The van der Waals surface area contributed by atoms with E-state index in [1.54, 1.807) is 0 Å². The van der Waals surface area contributed by atoms with Crippen molar-refractivity contribution < 1.29 is 14.6 Å². The van der Waals surface area contributed by atoms with Crippen LogP contribution in [-0.4, -0.2) is 75.5 Å². The number of imidazole rings is 1. The van der Waals surface area contributed by atoms with Crippen LogP contribution in [0.25, 0.3) is 0 Å². The molecule has 7 heteroatoms. The number of aromatic nitrogens is 2. The predicted octanol–water partition coefficient (Wildman–Crippen LogP) is 2.63. The highest BCUT2D eigenvalue weighted by Gasteiger charge is 2.29. The van der Waals surface area contributed by atoms with Crippen molar-refractivity contribution in [2.45, 2.75) is 70.9 Å². The fraction of sp³-hybridized carbons (Fsp3) is 0.810. The van der Waals surface area contributed by atoms with E-state index in [0.717, 1.165) is 37.4 Å². The molecule has 0 unspecified atom stereocenters. The number of carbonyl (C=O) groups is 1. The van der Waals surface area contributed by atoms with Gasteiger partial charge in [-0.05, 0) is 59.5 Å². The first kappa shape index (κ1) is 21.1. The van der Waals surface area contributed by atoms with Crippen molar-refractivity contribution in [2.24, 2.45) is 0 Å². The molecule has 2 aliphatic heterocycles. The Morgan fingerprint density at radius 3 is 2.46 bits per heavy atom. The van der Waals surface area contributed by atoms with Gasteiger partial charge in [-0.2, -0.15) is 0 Å². The van der Waals surface area contributed by atoms with Crippen molar-refractivity contribution in [3.05, 3.63) is 17.7 Å². The molecule has 1 aromatic rings. The summed E-state index contributed by atoms with van der Waals surface area (Å²) in [6, 6.07) is 0. The number of carbonyl (C=O) groups excluding carboxylic acids is 1. The monoisotopic (exact) mass is 392 g/mol. The first-order valence-electron chi connectivity index (χ1n) is 10.7. The van der Waals surface area contributed by atoms with Crippen LogP contribution in [0.2, 0.25) is 0 Å². The van der Waals surface area contributed by atoms with E-state index >= 15 is 0 Å². The zero-order chi connectivity index (χ0) is 20.1. The van der Waals surface area contributed by atoms with Crippen LogP contribution in [0.1, 0.15) is 63.9 Å². The highest BCUT2D eigenvalue weighted by atomic mass is 16.6. The van der Waals surface area contributed by atoms with Gasteiger partial charge in [-0.1, -0.05) is 0 Å². The summed E-state index contributed by atoms with van der Waals surface area (Å²) in [4.78, 5) is 21.5. The molecule has 2 saturated heterocycles. The van der Waals surface area contributed by atoms with Gasteiger partial charge >= 0.3 is 6.09 Å². The molecule has 0 aromatic carbocycles. The van der Waals surface area contributed by atoms with Crippen LogP contribution in [-0.2, 0) is 17.7 Å². The molecule has 7 nitrogen and oxygen atoms in total. The summed E-state index contributed by atoms with van der Waals surface area (Å²) in [5, 5.41) is 9.31.